The third-order valence-electron chi connectivity index (χ3n) is 2.10. The van der Waals surface area contributed by atoms with Gasteiger partial charge in [-0.3, -0.25) is 0 Å². The minimum absolute atomic E-state index is 0.188. The van der Waals surface area contributed by atoms with E-state index in [-0.39, 0.29) is 12.2 Å². The summed E-state index contributed by atoms with van der Waals surface area (Å²) in [6, 6.07) is 0. The number of ether oxygens (including phenoxy) is 2. The molecular weight excluding hydrogens is 160 g/mol. The highest BCUT2D eigenvalue weighted by Gasteiger charge is 2.21. The van der Waals surface area contributed by atoms with Crippen LogP contribution in [0.4, 0.5) is 4.79 Å². The Balaban J connectivity index is 3.65. The summed E-state index contributed by atoms with van der Waals surface area (Å²) in [6.07, 6.45) is 0.197. The topological polar surface area (TPSA) is 55.8 Å². The third-order valence-corrected chi connectivity index (χ3v) is 2.10. The van der Waals surface area contributed by atoms with Crippen LogP contribution in [0.3, 0.4) is 0 Å². The van der Waals surface area contributed by atoms with Gasteiger partial charge in [0.2, 0.25) is 0 Å². The van der Waals surface area contributed by atoms with Crippen molar-refractivity contribution >= 4 is 6.16 Å². The van der Waals surface area contributed by atoms with Gasteiger partial charge in [0.15, 0.2) is 0 Å². The summed E-state index contributed by atoms with van der Waals surface area (Å²) in [7, 11) is 1.62. The molecule has 72 valence electrons. The molecule has 0 saturated heterocycles. The van der Waals surface area contributed by atoms with E-state index in [0.29, 0.717) is 6.42 Å². The molecule has 0 fully saturated rings. The van der Waals surface area contributed by atoms with Crippen molar-refractivity contribution < 1.29 is 19.4 Å². The molecule has 1 N–H and O–H groups in total. The van der Waals surface area contributed by atoms with Crippen molar-refractivity contribution in [3.8, 4) is 0 Å². The van der Waals surface area contributed by atoms with Crippen LogP contribution in [0.1, 0.15) is 26.7 Å². The lowest BCUT2D eigenvalue weighted by Gasteiger charge is -2.25. The van der Waals surface area contributed by atoms with Crippen LogP contribution in [0.25, 0.3) is 0 Å². The fourth-order valence-electron chi connectivity index (χ4n) is 0.777. The molecule has 0 aromatic carbocycles. The fraction of sp³-hybridized carbons (Fsp3) is 0.875. The van der Waals surface area contributed by atoms with Crippen molar-refractivity contribution in [2.45, 2.75) is 32.3 Å². The zero-order chi connectivity index (χ0) is 9.61. The zero-order valence-corrected chi connectivity index (χ0v) is 7.79. The summed E-state index contributed by atoms with van der Waals surface area (Å²) in [4.78, 5) is 10.00. The normalized spacial score (nSPS) is 15.2. The van der Waals surface area contributed by atoms with Crippen LogP contribution in [0, 0.1) is 0 Å². The van der Waals surface area contributed by atoms with Gasteiger partial charge in [-0.05, 0) is 13.3 Å². The number of carbonyl (C=O) groups is 1. The maximum absolute atomic E-state index is 10.00. The molecule has 0 amide bonds. The summed E-state index contributed by atoms with van der Waals surface area (Å²) in [6.45, 7) is 4.11. The van der Waals surface area contributed by atoms with Crippen molar-refractivity contribution in [1.29, 1.82) is 0 Å². The minimum atomic E-state index is -1.23. The van der Waals surface area contributed by atoms with Crippen molar-refractivity contribution in [2.24, 2.45) is 0 Å². The van der Waals surface area contributed by atoms with E-state index in [2.05, 4.69) is 4.74 Å². The van der Waals surface area contributed by atoms with Gasteiger partial charge in [-0.15, -0.1) is 0 Å². The highest BCUT2D eigenvalue weighted by molar-refractivity contribution is 5.56. The monoisotopic (exact) mass is 176 g/mol. The van der Waals surface area contributed by atoms with E-state index in [4.69, 9.17) is 9.84 Å². The maximum Gasteiger partial charge on any atom is 0.505 e. The predicted molar refractivity (Wildman–Crippen MR) is 44.3 cm³/mol. The lowest BCUT2D eigenvalue weighted by atomic mass is 10.00. The van der Waals surface area contributed by atoms with Crippen LogP contribution < -0.4 is 0 Å². The smallest absolute Gasteiger partial charge is 0.450 e. The molecule has 0 aliphatic carbocycles. The van der Waals surface area contributed by atoms with Crippen LogP contribution in [0.5, 0.6) is 0 Å². The summed E-state index contributed by atoms with van der Waals surface area (Å²) < 4.78 is 9.57. The third kappa shape index (κ3) is 4.18. The zero-order valence-electron chi connectivity index (χ0n) is 7.79. The van der Waals surface area contributed by atoms with Gasteiger partial charge in [0.1, 0.15) is 0 Å². The van der Waals surface area contributed by atoms with Gasteiger partial charge in [0, 0.05) is 13.5 Å². The summed E-state index contributed by atoms with van der Waals surface area (Å²) in [5.74, 6) is 0. The molecule has 0 spiro atoms. The van der Waals surface area contributed by atoms with Crippen LogP contribution >= 0.6 is 0 Å². The van der Waals surface area contributed by atoms with E-state index in [9.17, 15) is 4.79 Å². The van der Waals surface area contributed by atoms with Crippen LogP contribution in [0.15, 0.2) is 0 Å². The molecule has 0 saturated carbocycles. The van der Waals surface area contributed by atoms with E-state index < -0.39 is 6.16 Å². The maximum atomic E-state index is 10.00. The Morgan fingerprint density at radius 3 is 2.50 bits per heavy atom. The van der Waals surface area contributed by atoms with E-state index in [1.54, 1.807) is 7.11 Å². The molecular formula is C8H16O4. The molecule has 0 radical (unpaired) electrons. The molecule has 4 heteroatoms. The van der Waals surface area contributed by atoms with Gasteiger partial charge < -0.3 is 14.6 Å². The first-order valence-electron chi connectivity index (χ1n) is 3.95. The van der Waals surface area contributed by atoms with Gasteiger partial charge in [0.25, 0.3) is 0 Å². The second-order valence-electron chi connectivity index (χ2n) is 2.87. The van der Waals surface area contributed by atoms with Gasteiger partial charge in [-0.25, -0.2) is 4.79 Å². The number of hydrogen-bond donors (Lipinski definition) is 1. The first-order valence-corrected chi connectivity index (χ1v) is 3.95. The van der Waals surface area contributed by atoms with Crippen molar-refractivity contribution in [2.75, 3.05) is 13.7 Å². The van der Waals surface area contributed by atoms with E-state index in [1.807, 2.05) is 13.8 Å². The number of carboxylic acid groups (broad SMARTS) is 1. The Bertz CT molecular complexity index is 140. The van der Waals surface area contributed by atoms with Gasteiger partial charge >= 0.3 is 6.16 Å². The number of rotatable bonds is 5. The number of hydrogen-bond acceptors (Lipinski definition) is 3. The van der Waals surface area contributed by atoms with Crippen LogP contribution in [0.2, 0.25) is 0 Å². The second kappa shape index (κ2) is 4.98. The number of methoxy groups -OCH3 is 1. The van der Waals surface area contributed by atoms with Gasteiger partial charge in [-0.1, -0.05) is 6.92 Å². The lowest BCUT2D eigenvalue weighted by Crippen LogP contribution is -2.28. The SMILES string of the molecule is CCC(C)(CCOC(=O)O)OC. The molecule has 0 heterocycles. The van der Waals surface area contributed by atoms with Crippen molar-refractivity contribution in [3.63, 3.8) is 0 Å². The summed E-state index contributed by atoms with van der Waals surface area (Å²) >= 11 is 0. The van der Waals surface area contributed by atoms with Crippen molar-refractivity contribution in [3.05, 3.63) is 0 Å². The van der Waals surface area contributed by atoms with E-state index in [1.165, 1.54) is 0 Å². The molecule has 1 atom stereocenters. The molecule has 0 bridgehead atoms. The molecule has 0 rings (SSSR count). The largest absolute Gasteiger partial charge is 0.505 e. The van der Waals surface area contributed by atoms with E-state index >= 15 is 0 Å². The van der Waals surface area contributed by atoms with Gasteiger partial charge in [-0.2, -0.15) is 0 Å². The Labute approximate surface area is 72.5 Å². The molecule has 0 aliphatic rings. The molecule has 12 heavy (non-hydrogen) atoms. The van der Waals surface area contributed by atoms with Crippen molar-refractivity contribution in [1.82, 2.24) is 0 Å². The Kier molecular flexibility index (Phi) is 4.66. The first kappa shape index (κ1) is 11.2. The Morgan fingerprint density at radius 2 is 2.17 bits per heavy atom. The highest BCUT2D eigenvalue weighted by Crippen LogP contribution is 2.18. The van der Waals surface area contributed by atoms with Crippen LogP contribution in [-0.2, 0) is 9.47 Å². The average Bonchev–Trinajstić information content (AvgIpc) is 2.03. The Morgan fingerprint density at radius 1 is 1.58 bits per heavy atom. The molecule has 4 nitrogen and oxygen atoms in total. The quantitative estimate of drug-likeness (QED) is 0.650. The second-order valence-corrected chi connectivity index (χ2v) is 2.87. The standard InChI is InChI=1S/C8H16O4/c1-4-8(2,11-3)5-6-12-7(9)10/h4-6H2,1-3H3,(H,9,10). The summed E-state index contributed by atoms with van der Waals surface area (Å²) in [5.41, 5.74) is -0.268. The average molecular weight is 176 g/mol. The fourth-order valence-corrected chi connectivity index (χ4v) is 0.777. The molecule has 0 aliphatic heterocycles. The molecule has 0 aromatic heterocycles. The predicted octanol–water partition coefficient (Wildman–Crippen LogP) is 1.89. The van der Waals surface area contributed by atoms with E-state index in [0.717, 1.165) is 6.42 Å². The Hall–Kier alpha value is -0.770. The van der Waals surface area contributed by atoms with Gasteiger partial charge in [0.05, 0.1) is 12.2 Å². The lowest BCUT2D eigenvalue weighted by molar-refractivity contribution is -0.0215. The molecule has 0 aromatic rings. The minimum Gasteiger partial charge on any atom is -0.450 e. The highest BCUT2D eigenvalue weighted by atomic mass is 16.7. The first-order chi connectivity index (χ1) is 5.54. The summed E-state index contributed by atoms with van der Waals surface area (Å²) in [5, 5.41) is 8.19. The van der Waals surface area contributed by atoms with Crippen LogP contribution in [-0.4, -0.2) is 30.6 Å². The molecule has 1 unspecified atom stereocenters.